The summed E-state index contributed by atoms with van der Waals surface area (Å²) < 4.78 is 33.0. The molecule has 0 aliphatic rings. The number of benzene rings is 2. The summed E-state index contributed by atoms with van der Waals surface area (Å²) in [6, 6.07) is 12.1. The maximum absolute atomic E-state index is 13.7. The van der Waals surface area contributed by atoms with Crippen LogP contribution >= 0.6 is 23.2 Å². The molecule has 2 aromatic carbocycles. The Kier molecular flexibility index (Phi) is 15.8. The Labute approximate surface area is 264 Å². The van der Waals surface area contributed by atoms with Gasteiger partial charge in [-0.1, -0.05) is 53.5 Å². The van der Waals surface area contributed by atoms with Crippen LogP contribution < -0.4 is 16.4 Å². The molecule has 2 aromatic rings. The number of sulfonamides is 1. The van der Waals surface area contributed by atoms with Gasteiger partial charge in [-0.05, 0) is 68.8 Å². The number of nitrogens with one attached hydrogen (secondary N) is 2. The largest absolute Gasteiger partial charge is 0.453 e. The number of hydrogen-bond acceptors (Lipinski definition) is 7. The van der Waals surface area contributed by atoms with Gasteiger partial charge in [0.15, 0.2) is 0 Å². The lowest BCUT2D eigenvalue weighted by Crippen LogP contribution is -2.46. The van der Waals surface area contributed by atoms with Crippen molar-refractivity contribution in [2.75, 3.05) is 52.9 Å². The number of halogens is 2. The molecule has 11 nitrogen and oxygen atoms in total. The maximum atomic E-state index is 13.7. The molecule has 43 heavy (non-hydrogen) atoms. The van der Waals surface area contributed by atoms with Crippen LogP contribution in [0.25, 0.3) is 0 Å². The van der Waals surface area contributed by atoms with Gasteiger partial charge in [0.1, 0.15) is 4.90 Å². The van der Waals surface area contributed by atoms with Gasteiger partial charge in [-0.2, -0.15) is 4.31 Å². The fourth-order valence-electron chi connectivity index (χ4n) is 4.16. The van der Waals surface area contributed by atoms with Crippen LogP contribution in [0.5, 0.6) is 0 Å². The van der Waals surface area contributed by atoms with Gasteiger partial charge >= 0.3 is 6.09 Å². The van der Waals surface area contributed by atoms with E-state index < -0.39 is 28.6 Å². The smallest absolute Gasteiger partial charge is 0.406 e. The minimum absolute atomic E-state index is 0.0105. The highest BCUT2D eigenvalue weighted by Gasteiger charge is 2.30. The van der Waals surface area contributed by atoms with Crippen molar-refractivity contribution in [1.82, 2.24) is 19.8 Å². The number of alkyl carbamates (subject to hydrolysis) is 1. The molecule has 0 aromatic heterocycles. The van der Waals surface area contributed by atoms with Gasteiger partial charge < -0.3 is 26.0 Å². The van der Waals surface area contributed by atoms with Gasteiger partial charge in [0.25, 0.3) is 0 Å². The molecule has 14 heteroatoms. The van der Waals surface area contributed by atoms with Crippen LogP contribution in [0.3, 0.4) is 0 Å². The monoisotopic (exact) mass is 657 g/mol. The number of ether oxygens (including phenoxy) is 1. The molecule has 0 fully saturated rings. The Morgan fingerprint density at radius 3 is 2.26 bits per heavy atom. The standard InChI is InChI=1S/C29H41Cl2N5O6S/c1-22-24(30)12-13-25(28(22)31)43(40,41)36(19-14-23-10-4-3-5-11-23)21-26(37)34-20-27(38)35(17-8-6-15-32)18-9-7-16-33-29(39)42-2/h3-5,10-13H,6-9,14-21,32H2,1-2H3,(H,33,39)(H,34,37). The van der Waals surface area contributed by atoms with Crippen LogP contribution in [-0.4, -0.2) is 88.5 Å². The second-order valence-corrected chi connectivity index (χ2v) is 12.5. The molecular weight excluding hydrogens is 617 g/mol. The Morgan fingerprint density at radius 1 is 0.930 bits per heavy atom. The summed E-state index contributed by atoms with van der Waals surface area (Å²) in [5, 5.41) is 5.48. The van der Waals surface area contributed by atoms with Gasteiger partial charge in [0.2, 0.25) is 21.8 Å². The van der Waals surface area contributed by atoms with E-state index >= 15 is 0 Å². The zero-order valence-corrected chi connectivity index (χ0v) is 26.9. The molecule has 0 radical (unpaired) electrons. The van der Waals surface area contributed by atoms with Crippen LogP contribution in [0.4, 0.5) is 4.79 Å². The van der Waals surface area contributed by atoms with E-state index in [1.165, 1.54) is 19.2 Å². The van der Waals surface area contributed by atoms with E-state index in [0.717, 1.165) is 16.3 Å². The molecule has 0 aliphatic heterocycles. The lowest BCUT2D eigenvalue weighted by molar-refractivity contribution is -0.133. The summed E-state index contributed by atoms with van der Waals surface area (Å²) in [4.78, 5) is 38.7. The zero-order valence-electron chi connectivity index (χ0n) is 24.6. The predicted octanol–water partition coefficient (Wildman–Crippen LogP) is 3.36. The number of nitrogens with zero attached hydrogens (tertiary/aromatic N) is 2. The third-order valence-electron chi connectivity index (χ3n) is 6.70. The average Bonchev–Trinajstić information content (AvgIpc) is 2.99. The molecule has 0 bridgehead atoms. The van der Waals surface area contributed by atoms with Crippen molar-refractivity contribution in [2.45, 2.75) is 43.9 Å². The van der Waals surface area contributed by atoms with E-state index in [0.29, 0.717) is 62.4 Å². The summed E-state index contributed by atoms with van der Waals surface area (Å²) >= 11 is 12.5. The quantitative estimate of drug-likeness (QED) is 0.208. The number of amides is 3. The first kappa shape index (κ1) is 36.3. The molecule has 0 saturated carbocycles. The van der Waals surface area contributed by atoms with Crippen LogP contribution in [-0.2, 0) is 30.8 Å². The topological polar surface area (TPSA) is 151 Å². The third kappa shape index (κ3) is 12.0. The summed E-state index contributed by atoms with van der Waals surface area (Å²) in [5.41, 5.74) is 6.91. The molecular formula is C29H41Cl2N5O6S. The van der Waals surface area contributed by atoms with E-state index in [1.54, 1.807) is 11.8 Å². The second kappa shape index (κ2) is 18.7. The van der Waals surface area contributed by atoms with Gasteiger partial charge in [-0.25, -0.2) is 13.2 Å². The molecule has 238 valence electrons. The van der Waals surface area contributed by atoms with Crippen LogP contribution in [0, 0.1) is 6.92 Å². The summed E-state index contributed by atoms with van der Waals surface area (Å²) in [6.45, 7) is 2.60. The van der Waals surface area contributed by atoms with E-state index in [2.05, 4.69) is 15.4 Å². The summed E-state index contributed by atoms with van der Waals surface area (Å²) in [5.74, 6) is -0.933. The maximum Gasteiger partial charge on any atom is 0.406 e. The van der Waals surface area contributed by atoms with Gasteiger partial charge in [-0.15, -0.1) is 0 Å². The Balaban J connectivity index is 2.10. The highest BCUT2D eigenvalue weighted by Crippen LogP contribution is 2.32. The van der Waals surface area contributed by atoms with Gasteiger partial charge in [0, 0.05) is 31.2 Å². The van der Waals surface area contributed by atoms with Crippen molar-refractivity contribution in [2.24, 2.45) is 5.73 Å². The first-order valence-electron chi connectivity index (χ1n) is 14.1. The molecule has 2 rings (SSSR count). The van der Waals surface area contributed by atoms with Crippen molar-refractivity contribution in [3.8, 4) is 0 Å². The van der Waals surface area contributed by atoms with Crippen molar-refractivity contribution in [3.63, 3.8) is 0 Å². The number of nitrogens with two attached hydrogens (primary N) is 1. The van der Waals surface area contributed by atoms with Crippen molar-refractivity contribution in [3.05, 3.63) is 63.6 Å². The Bertz CT molecular complexity index is 1310. The van der Waals surface area contributed by atoms with Crippen LogP contribution in [0.1, 0.15) is 36.8 Å². The van der Waals surface area contributed by atoms with E-state index in [-0.39, 0.29) is 28.9 Å². The lowest BCUT2D eigenvalue weighted by Gasteiger charge is -2.25. The fraction of sp³-hybridized carbons (Fsp3) is 0.483. The molecule has 0 spiro atoms. The minimum Gasteiger partial charge on any atom is -0.453 e. The fourth-order valence-corrected chi connectivity index (χ4v) is 6.34. The number of carbonyl (C=O) groups is 3. The van der Waals surface area contributed by atoms with Crippen LogP contribution in [0.2, 0.25) is 10.0 Å². The minimum atomic E-state index is -4.20. The number of rotatable bonds is 18. The second-order valence-electron chi connectivity index (χ2n) is 9.84. The number of unbranched alkanes of at least 4 members (excludes halogenated alkanes) is 2. The Morgan fingerprint density at radius 2 is 1.60 bits per heavy atom. The third-order valence-corrected chi connectivity index (χ3v) is 9.59. The highest BCUT2D eigenvalue weighted by molar-refractivity contribution is 7.89. The number of methoxy groups -OCH3 is 1. The van der Waals surface area contributed by atoms with Crippen molar-refractivity contribution in [1.29, 1.82) is 0 Å². The molecule has 0 unspecified atom stereocenters. The molecule has 4 N–H and O–H groups in total. The number of carbonyl (C=O) groups excluding carboxylic acids is 3. The van der Waals surface area contributed by atoms with E-state index in [1.807, 2.05) is 30.3 Å². The lowest BCUT2D eigenvalue weighted by atomic mass is 10.1. The van der Waals surface area contributed by atoms with Crippen LogP contribution in [0.15, 0.2) is 47.4 Å². The van der Waals surface area contributed by atoms with Crippen molar-refractivity contribution < 1.29 is 27.5 Å². The first-order valence-corrected chi connectivity index (χ1v) is 16.3. The van der Waals surface area contributed by atoms with E-state index in [4.69, 9.17) is 28.9 Å². The molecule has 0 atom stereocenters. The molecule has 3 amide bonds. The highest BCUT2D eigenvalue weighted by atomic mass is 35.5. The Hall–Kier alpha value is -2.90. The summed E-state index contributed by atoms with van der Waals surface area (Å²) in [7, 11) is -2.91. The molecule has 0 saturated heterocycles. The SMILES string of the molecule is COC(=O)NCCCCN(CCCCN)C(=O)CNC(=O)CN(CCc1ccccc1)S(=O)(=O)c1ccc(Cl)c(C)c1Cl. The van der Waals surface area contributed by atoms with Gasteiger partial charge in [0.05, 0.1) is 25.2 Å². The number of hydrogen-bond donors (Lipinski definition) is 3. The normalized spacial score (nSPS) is 11.3. The first-order chi connectivity index (χ1) is 20.5. The summed E-state index contributed by atoms with van der Waals surface area (Å²) in [6.07, 6.45) is 2.52. The molecule has 0 aliphatic carbocycles. The zero-order chi connectivity index (χ0) is 31.8. The van der Waals surface area contributed by atoms with Gasteiger partial charge in [-0.3, -0.25) is 9.59 Å². The predicted molar refractivity (Wildman–Crippen MR) is 168 cm³/mol. The average molecular weight is 659 g/mol. The van der Waals surface area contributed by atoms with E-state index in [9.17, 15) is 22.8 Å². The van der Waals surface area contributed by atoms with Crippen molar-refractivity contribution >= 4 is 51.1 Å². The molecule has 0 heterocycles.